The zero-order valence-corrected chi connectivity index (χ0v) is 9.42. The third kappa shape index (κ3) is 4.38. The molecule has 1 rings (SSSR count). The van der Waals surface area contributed by atoms with Crippen molar-refractivity contribution < 1.29 is 0 Å². The van der Waals surface area contributed by atoms with Gasteiger partial charge in [-0.15, -0.1) is 5.10 Å². The number of hydrogen-bond donors (Lipinski definition) is 1. The molecule has 0 aliphatic rings. The van der Waals surface area contributed by atoms with Gasteiger partial charge in [-0.1, -0.05) is 21.1 Å². The van der Waals surface area contributed by atoms with Crippen LogP contribution in [-0.2, 0) is 13.6 Å². The lowest BCUT2D eigenvalue weighted by atomic mass is 10.3. The van der Waals surface area contributed by atoms with Crippen molar-refractivity contribution in [2.75, 3.05) is 11.9 Å². The van der Waals surface area contributed by atoms with Crippen molar-refractivity contribution in [1.29, 1.82) is 0 Å². The van der Waals surface area contributed by atoms with Gasteiger partial charge in [-0.05, 0) is 19.4 Å². The number of hydrogen-bond acceptors (Lipinski definition) is 3. The second-order valence-corrected chi connectivity index (χ2v) is 3.75. The summed E-state index contributed by atoms with van der Waals surface area (Å²) in [6.07, 6.45) is 4.34. The Kier molecular flexibility index (Phi) is 5.00. The van der Waals surface area contributed by atoms with E-state index in [0.717, 1.165) is 24.1 Å². The minimum Gasteiger partial charge on any atom is -0.311 e. The van der Waals surface area contributed by atoms with E-state index in [1.165, 1.54) is 12.8 Å². The van der Waals surface area contributed by atoms with E-state index in [1.807, 2.05) is 13.2 Å². The van der Waals surface area contributed by atoms with Crippen LogP contribution in [0.3, 0.4) is 0 Å². The van der Waals surface area contributed by atoms with Gasteiger partial charge in [0, 0.05) is 25.1 Å². The van der Waals surface area contributed by atoms with Crippen molar-refractivity contribution >= 4 is 15.9 Å². The van der Waals surface area contributed by atoms with Gasteiger partial charge in [0.1, 0.15) is 0 Å². The van der Waals surface area contributed by atoms with Gasteiger partial charge in [-0.3, -0.25) is 4.68 Å². The smallest absolute Gasteiger partial charge is 0.0964 e. The highest BCUT2D eigenvalue weighted by molar-refractivity contribution is 9.09. The highest BCUT2D eigenvalue weighted by atomic mass is 79.9. The minimum absolute atomic E-state index is 0.816. The first-order valence-electron chi connectivity index (χ1n) is 4.45. The molecule has 0 aromatic carbocycles. The van der Waals surface area contributed by atoms with Crippen molar-refractivity contribution in [3.05, 3.63) is 11.9 Å². The van der Waals surface area contributed by atoms with Gasteiger partial charge in [0.15, 0.2) is 0 Å². The highest BCUT2D eigenvalue weighted by Gasteiger charge is 1.96. The Morgan fingerprint density at radius 3 is 3.00 bits per heavy atom. The maximum atomic E-state index is 3.97. The molecule has 0 saturated carbocycles. The fraction of sp³-hybridized carbons (Fsp3) is 0.750. The lowest BCUT2D eigenvalue weighted by Crippen LogP contribution is -2.14. The molecule has 1 aromatic rings. The zero-order chi connectivity index (χ0) is 9.52. The molecule has 13 heavy (non-hydrogen) atoms. The molecule has 4 nitrogen and oxygen atoms in total. The highest BCUT2D eigenvalue weighted by Crippen LogP contribution is 1.93. The topological polar surface area (TPSA) is 42.7 Å². The Bertz CT molecular complexity index is 236. The number of aromatic nitrogens is 3. The van der Waals surface area contributed by atoms with Crippen LogP contribution in [0.4, 0.5) is 0 Å². The molecule has 0 bridgehead atoms. The number of alkyl halides is 1. The van der Waals surface area contributed by atoms with Gasteiger partial charge in [-0.25, -0.2) is 0 Å². The second kappa shape index (κ2) is 6.10. The van der Waals surface area contributed by atoms with E-state index in [1.54, 1.807) is 4.68 Å². The second-order valence-electron chi connectivity index (χ2n) is 2.96. The molecule has 0 saturated heterocycles. The van der Waals surface area contributed by atoms with E-state index < -0.39 is 0 Å². The Hall–Kier alpha value is -0.420. The first-order valence-corrected chi connectivity index (χ1v) is 5.57. The van der Waals surface area contributed by atoms with Crippen LogP contribution in [0.1, 0.15) is 18.5 Å². The molecule has 0 radical (unpaired) electrons. The fourth-order valence-corrected chi connectivity index (χ4v) is 1.43. The van der Waals surface area contributed by atoms with Crippen LogP contribution in [0, 0.1) is 0 Å². The summed E-state index contributed by atoms with van der Waals surface area (Å²) in [5.41, 5.74) is 1.00. The summed E-state index contributed by atoms with van der Waals surface area (Å²) in [6, 6.07) is 0. The number of aryl methyl sites for hydroxylation is 1. The van der Waals surface area contributed by atoms with Gasteiger partial charge < -0.3 is 5.32 Å². The number of halogens is 1. The van der Waals surface area contributed by atoms with E-state index in [9.17, 15) is 0 Å². The van der Waals surface area contributed by atoms with Crippen LogP contribution < -0.4 is 5.32 Å². The Morgan fingerprint density at radius 2 is 2.38 bits per heavy atom. The standard InChI is InChI=1S/C8H15BrN4/c1-13-7-8(11-12-13)6-10-5-3-2-4-9/h7,10H,2-6H2,1H3. The molecule has 1 aromatic heterocycles. The largest absolute Gasteiger partial charge is 0.311 e. The van der Waals surface area contributed by atoms with E-state index in [0.29, 0.717) is 0 Å². The number of nitrogens with one attached hydrogen (secondary N) is 1. The van der Waals surface area contributed by atoms with Crippen LogP contribution in [-0.4, -0.2) is 26.9 Å². The van der Waals surface area contributed by atoms with E-state index in [2.05, 4.69) is 31.6 Å². The SMILES string of the molecule is Cn1cc(CNCCCCBr)nn1. The third-order valence-electron chi connectivity index (χ3n) is 1.69. The molecule has 0 unspecified atom stereocenters. The average molecular weight is 247 g/mol. The zero-order valence-electron chi connectivity index (χ0n) is 7.83. The van der Waals surface area contributed by atoms with Crippen molar-refractivity contribution in [1.82, 2.24) is 20.3 Å². The summed E-state index contributed by atoms with van der Waals surface area (Å²) in [7, 11) is 1.88. The summed E-state index contributed by atoms with van der Waals surface area (Å²) in [5.74, 6) is 0. The van der Waals surface area contributed by atoms with Gasteiger partial charge in [-0.2, -0.15) is 0 Å². The lowest BCUT2D eigenvalue weighted by molar-refractivity contribution is 0.634. The summed E-state index contributed by atoms with van der Waals surface area (Å²) in [4.78, 5) is 0. The van der Waals surface area contributed by atoms with Crippen molar-refractivity contribution in [3.8, 4) is 0 Å². The average Bonchev–Trinajstić information content (AvgIpc) is 2.51. The Balaban J connectivity index is 2.06. The molecule has 74 valence electrons. The molecule has 0 aliphatic heterocycles. The third-order valence-corrected chi connectivity index (χ3v) is 2.25. The fourth-order valence-electron chi connectivity index (χ4n) is 1.04. The Morgan fingerprint density at radius 1 is 1.54 bits per heavy atom. The minimum atomic E-state index is 0.816. The molecular weight excluding hydrogens is 232 g/mol. The monoisotopic (exact) mass is 246 g/mol. The quantitative estimate of drug-likeness (QED) is 0.604. The van der Waals surface area contributed by atoms with Gasteiger partial charge in [0.25, 0.3) is 0 Å². The molecule has 0 atom stereocenters. The maximum Gasteiger partial charge on any atom is 0.0964 e. The van der Waals surface area contributed by atoms with Crippen molar-refractivity contribution in [3.63, 3.8) is 0 Å². The molecule has 0 aliphatic carbocycles. The molecular formula is C8H15BrN4. The molecule has 0 amide bonds. The first-order chi connectivity index (χ1) is 6.33. The summed E-state index contributed by atoms with van der Waals surface area (Å²) in [5, 5.41) is 12.2. The van der Waals surface area contributed by atoms with E-state index in [-0.39, 0.29) is 0 Å². The number of nitrogens with zero attached hydrogens (tertiary/aromatic N) is 3. The van der Waals surface area contributed by atoms with Crippen LogP contribution in [0.2, 0.25) is 0 Å². The number of unbranched alkanes of at least 4 members (excludes halogenated alkanes) is 1. The van der Waals surface area contributed by atoms with Crippen LogP contribution in [0.15, 0.2) is 6.20 Å². The molecule has 0 spiro atoms. The Labute approximate surface area is 86.8 Å². The van der Waals surface area contributed by atoms with Crippen LogP contribution >= 0.6 is 15.9 Å². The van der Waals surface area contributed by atoms with Gasteiger partial charge >= 0.3 is 0 Å². The summed E-state index contributed by atoms with van der Waals surface area (Å²) in [6.45, 7) is 1.86. The summed E-state index contributed by atoms with van der Waals surface area (Å²) >= 11 is 3.40. The van der Waals surface area contributed by atoms with Crippen molar-refractivity contribution in [2.24, 2.45) is 7.05 Å². The van der Waals surface area contributed by atoms with Crippen LogP contribution in [0.25, 0.3) is 0 Å². The van der Waals surface area contributed by atoms with Crippen LogP contribution in [0.5, 0.6) is 0 Å². The summed E-state index contributed by atoms with van der Waals surface area (Å²) < 4.78 is 1.72. The first kappa shape index (κ1) is 10.7. The van der Waals surface area contributed by atoms with Gasteiger partial charge in [0.2, 0.25) is 0 Å². The predicted molar refractivity (Wildman–Crippen MR) is 55.7 cm³/mol. The molecule has 5 heteroatoms. The van der Waals surface area contributed by atoms with Crippen molar-refractivity contribution in [2.45, 2.75) is 19.4 Å². The molecule has 1 N–H and O–H groups in total. The van der Waals surface area contributed by atoms with Gasteiger partial charge in [0.05, 0.1) is 5.69 Å². The van der Waals surface area contributed by atoms with E-state index >= 15 is 0 Å². The molecule has 0 fully saturated rings. The lowest BCUT2D eigenvalue weighted by Gasteiger charge is -1.99. The normalized spacial score (nSPS) is 10.6. The number of rotatable bonds is 6. The maximum absolute atomic E-state index is 3.97. The predicted octanol–water partition coefficient (Wildman–Crippen LogP) is 1.08. The van der Waals surface area contributed by atoms with E-state index in [4.69, 9.17) is 0 Å². The molecule has 1 heterocycles.